The van der Waals surface area contributed by atoms with Crippen LogP contribution in [0.4, 0.5) is 0 Å². The summed E-state index contributed by atoms with van der Waals surface area (Å²) in [6.07, 6.45) is 1.21. The van der Waals surface area contributed by atoms with Gasteiger partial charge in [0.2, 0.25) is 0 Å². The van der Waals surface area contributed by atoms with Crippen molar-refractivity contribution in [3.05, 3.63) is 35.4 Å². The van der Waals surface area contributed by atoms with E-state index in [2.05, 4.69) is 67.3 Å². The zero-order chi connectivity index (χ0) is 14.8. The van der Waals surface area contributed by atoms with Crippen molar-refractivity contribution >= 4 is 0 Å². The van der Waals surface area contributed by atoms with Gasteiger partial charge in [-0.1, -0.05) is 38.1 Å². The van der Waals surface area contributed by atoms with Crippen molar-refractivity contribution in [3.63, 3.8) is 0 Å². The first kappa shape index (κ1) is 17.2. The Bertz CT molecular complexity index is 363. The van der Waals surface area contributed by atoms with Gasteiger partial charge < -0.3 is 10.2 Å². The highest BCUT2D eigenvalue weighted by atomic mass is 15.2. The van der Waals surface area contributed by atoms with E-state index in [1.165, 1.54) is 24.1 Å². The summed E-state index contributed by atoms with van der Waals surface area (Å²) in [5.74, 6) is 0. The van der Waals surface area contributed by atoms with E-state index in [4.69, 9.17) is 0 Å². The van der Waals surface area contributed by atoms with Crippen LogP contribution in [0.1, 0.15) is 31.4 Å². The fourth-order valence-corrected chi connectivity index (χ4v) is 2.31. The van der Waals surface area contributed by atoms with Gasteiger partial charge in [-0.3, -0.25) is 4.90 Å². The van der Waals surface area contributed by atoms with Gasteiger partial charge in [0.25, 0.3) is 0 Å². The van der Waals surface area contributed by atoms with Crippen LogP contribution in [-0.2, 0) is 13.1 Å². The highest BCUT2D eigenvalue weighted by Gasteiger charge is 2.08. The van der Waals surface area contributed by atoms with Crippen molar-refractivity contribution in [1.82, 2.24) is 15.1 Å². The van der Waals surface area contributed by atoms with Gasteiger partial charge in [-0.2, -0.15) is 0 Å². The maximum Gasteiger partial charge on any atom is 0.0237 e. The second-order valence-corrected chi connectivity index (χ2v) is 5.63. The molecule has 3 heteroatoms. The zero-order valence-corrected chi connectivity index (χ0v) is 13.7. The molecule has 0 saturated heterocycles. The van der Waals surface area contributed by atoms with Crippen LogP contribution in [0.25, 0.3) is 0 Å². The summed E-state index contributed by atoms with van der Waals surface area (Å²) in [6.45, 7) is 10.9. The third-order valence-corrected chi connectivity index (χ3v) is 3.48. The SMILES string of the molecule is CCCN(CCN(C)C)Cc1ccccc1CNCC. The Labute approximate surface area is 125 Å². The van der Waals surface area contributed by atoms with Crippen LogP contribution in [0.2, 0.25) is 0 Å². The molecular formula is C17H31N3. The van der Waals surface area contributed by atoms with Gasteiger partial charge in [-0.05, 0) is 44.7 Å². The van der Waals surface area contributed by atoms with Gasteiger partial charge in [0.1, 0.15) is 0 Å². The Hall–Kier alpha value is -0.900. The molecule has 0 bridgehead atoms. The lowest BCUT2D eigenvalue weighted by Gasteiger charge is -2.25. The number of benzene rings is 1. The molecule has 0 unspecified atom stereocenters. The predicted molar refractivity (Wildman–Crippen MR) is 87.9 cm³/mol. The first-order valence-electron chi connectivity index (χ1n) is 7.82. The van der Waals surface area contributed by atoms with Crippen LogP contribution in [0.15, 0.2) is 24.3 Å². The fraction of sp³-hybridized carbons (Fsp3) is 0.647. The predicted octanol–water partition coefficient (Wildman–Crippen LogP) is 2.57. The minimum absolute atomic E-state index is 0.973. The summed E-state index contributed by atoms with van der Waals surface area (Å²) >= 11 is 0. The average molecular weight is 277 g/mol. The Kier molecular flexibility index (Phi) is 8.51. The average Bonchev–Trinajstić information content (AvgIpc) is 2.44. The highest BCUT2D eigenvalue weighted by molar-refractivity contribution is 5.27. The van der Waals surface area contributed by atoms with Crippen molar-refractivity contribution in [3.8, 4) is 0 Å². The number of nitrogens with one attached hydrogen (secondary N) is 1. The Balaban J connectivity index is 2.66. The van der Waals surface area contributed by atoms with Gasteiger partial charge in [-0.25, -0.2) is 0 Å². The second-order valence-electron chi connectivity index (χ2n) is 5.63. The molecule has 0 fully saturated rings. The maximum atomic E-state index is 3.43. The van der Waals surface area contributed by atoms with Crippen molar-refractivity contribution in [2.75, 3.05) is 40.3 Å². The van der Waals surface area contributed by atoms with Gasteiger partial charge in [0.05, 0.1) is 0 Å². The largest absolute Gasteiger partial charge is 0.313 e. The summed E-state index contributed by atoms with van der Waals surface area (Å²) in [4.78, 5) is 4.82. The number of likely N-dealkylation sites (N-methyl/N-ethyl adjacent to an activating group) is 1. The summed E-state index contributed by atoms with van der Waals surface area (Å²) in [5, 5.41) is 3.43. The van der Waals surface area contributed by atoms with Crippen LogP contribution in [0, 0.1) is 0 Å². The molecule has 0 amide bonds. The summed E-state index contributed by atoms with van der Waals surface area (Å²) in [5.41, 5.74) is 2.89. The molecule has 0 saturated carbocycles. The number of rotatable bonds is 10. The van der Waals surface area contributed by atoms with Crippen LogP contribution in [-0.4, -0.2) is 50.1 Å². The van der Waals surface area contributed by atoms with Crippen molar-refractivity contribution in [2.24, 2.45) is 0 Å². The van der Waals surface area contributed by atoms with Crippen LogP contribution in [0.3, 0.4) is 0 Å². The highest BCUT2D eigenvalue weighted by Crippen LogP contribution is 2.12. The minimum atomic E-state index is 0.973. The molecule has 0 radical (unpaired) electrons. The molecule has 1 aromatic rings. The van der Waals surface area contributed by atoms with Crippen molar-refractivity contribution in [1.29, 1.82) is 0 Å². The lowest BCUT2D eigenvalue weighted by atomic mass is 10.1. The quantitative estimate of drug-likeness (QED) is 0.709. The first-order valence-corrected chi connectivity index (χ1v) is 7.82. The number of hydrogen-bond acceptors (Lipinski definition) is 3. The lowest BCUT2D eigenvalue weighted by molar-refractivity contribution is 0.233. The Morgan fingerprint density at radius 2 is 1.65 bits per heavy atom. The van der Waals surface area contributed by atoms with Crippen LogP contribution in [0.5, 0.6) is 0 Å². The zero-order valence-electron chi connectivity index (χ0n) is 13.7. The maximum absolute atomic E-state index is 3.43. The molecular weight excluding hydrogens is 246 g/mol. The molecule has 0 aliphatic rings. The standard InChI is InChI=1S/C17H31N3/c1-5-11-20(13-12-19(3)4)15-17-10-8-7-9-16(17)14-18-6-2/h7-10,18H,5-6,11-15H2,1-4H3. The molecule has 0 aliphatic carbocycles. The van der Waals surface area contributed by atoms with E-state index in [1.54, 1.807) is 0 Å². The molecule has 1 rings (SSSR count). The summed E-state index contributed by atoms with van der Waals surface area (Å²) in [7, 11) is 4.28. The van der Waals surface area contributed by atoms with Gasteiger partial charge in [0.15, 0.2) is 0 Å². The third-order valence-electron chi connectivity index (χ3n) is 3.48. The molecule has 1 N–H and O–H groups in total. The topological polar surface area (TPSA) is 18.5 Å². The lowest BCUT2D eigenvalue weighted by Crippen LogP contribution is -2.32. The molecule has 114 valence electrons. The van der Waals surface area contributed by atoms with Crippen LogP contribution < -0.4 is 5.32 Å². The van der Waals surface area contributed by atoms with Gasteiger partial charge in [-0.15, -0.1) is 0 Å². The van der Waals surface area contributed by atoms with E-state index in [-0.39, 0.29) is 0 Å². The summed E-state index contributed by atoms with van der Waals surface area (Å²) < 4.78 is 0. The van der Waals surface area contributed by atoms with Crippen molar-refractivity contribution in [2.45, 2.75) is 33.4 Å². The number of nitrogens with zero attached hydrogens (tertiary/aromatic N) is 2. The van der Waals surface area contributed by atoms with E-state index in [0.29, 0.717) is 0 Å². The summed E-state index contributed by atoms with van der Waals surface area (Å²) in [6, 6.07) is 8.81. The van der Waals surface area contributed by atoms with E-state index in [0.717, 1.165) is 32.7 Å². The van der Waals surface area contributed by atoms with E-state index in [9.17, 15) is 0 Å². The van der Waals surface area contributed by atoms with Gasteiger partial charge in [0, 0.05) is 26.2 Å². The third kappa shape index (κ3) is 6.51. The molecule has 1 aromatic carbocycles. The van der Waals surface area contributed by atoms with Crippen molar-refractivity contribution < 1.29 is 0 Å². The normalized spacial score (nSPS) is 11.5. The molecule has 3 nitrogen and oxygen atoms in total. The van der Waals surface area contributed by atoms with E-state index in [1.807, 2.05) is 0 Å². The van der Waals surface area contributed by atoms with Crippen LogP contribution >= 0.6 is 0 Å². The molecule has 0 aliphatic heterocycles. The minimum Gasteiger partial charge on any atom is -0.313 e. The van der Waals surface area contributed by atoms with E-state index < -0.39 is 0 Å². The smallest absolute Gasteiger partial charge is 0.0237 e. The van der Waals surface area contributed by atoms with E-state index >= 15 is 0 Å². The molecule has 0 spiro atoms. The molecule has 20 heavy (non-hydrogen) atoms. The van der Waals surface area contributed by atoms with Gasteiger partial charge >= 0.3 is 0 Å². The molecule has 0 aromatic heterocycles. The second kappa shape index (κ2) is 9.92. The first-order chi connectivity index (χ1) is 9.67. The molecule has 0 heterocycles. The molecule has 0 atom stereocenters. The Morgan fingerprint density at radius 1 is 0.950 bits per heavy atom. The Morgan fingerprint density at radius 3 is 2.25 bits per heavy atom. The monoisotopic (exact) mass is 277 g/mol. The number of hydrogen-bond donors (Lipinski definition) is 1. The fourth-order valence-electron chi connectivity index (χ4n) is 2.31.